The van der Waals surface area contributed by atoms with Crippen LogP contribution in [-0.4, -0.2) is 18.8 Å². The van der Waals surface area contributed by atoms with Crippen LogP contribution in [0.4, 0.5) is 0 Å². The standard InChI is InChI=1S/C17H19ClN2OS/c1-21-16-8-4-13(5-9-16)10-11-19-17(22)20-12-14-2-6-15(18)7-3-14/h2-9H,10-12H2,1H3,(H2,19,20,22). The van der Waals surface area contributed by atoms with E-state index < -0.39 is 0 Å². The quantitative estimate of drug-likeness (QED) is 0.791. The molecule has 0 bridgehead atoms. The second-order valence-electron chi connectivity index (χ2n) is 4.83. The molecular formula is C17H19ClN2OS. The van der Waals surface area contributed by atoms with E-state index in [1.165, 1.54) is 5.56 Å². The zero-order chi connectivity index (χ0) is 15.8. The van der Waals surface area contributed by atoms with Crippen molar-refractivity contribution >= 4 is 28.9 Å². The fourth-order valence-corrected chi connectivity index (χ4v) is 2.26. The Labute approximate surface area is 141 Å². The van der Waals surface area contributed by atoms with Gasteiger partial charge in [0.2, 0.25) is 0 Å². The van der Waals surface area contributed by atoms with Gasteiger partial charge in [-0.25, -0.2) is 0 Å². The van der Waals surface area contributed by atoms with Crippen molar-refractivity contribution in [1.29, 1.82) is 0 Å². The van der Waals surface area contributed by atoms with Gasteiger partial charge < -0.3 is 15.4 Å². The lowest BCUT2D eigenvalue weighted by molar-refractivity contribution is 0.414. The summed E-state index contributed by atoms with van der Waals surface area (Å²) in [6.07, 6.45) is 0.909. The maximum Gasteiger partial charge on any atom is 0.166 e. The number of hydrogen-bond donors (Lipinski definition) is 2. The molecule has 0 aliphatic heterocycles. The molecule has 0 fully saturated rings. The van der Waals surface area contributed by atoms with Crippen molar-refractivity contribution < 1.29 is 4.74 Å². The summed E-state index contributed by atoms with van der Waals surface area (Å²) < 4.78 is 5.14. The summed E-state index contributed by atoms with van der Waals surface area (Å²) in [6.45, 7) is 1.48. The Morgan fingerprint density at radius 1 is 1.00 bits per heavy atom. The number of ether oxygens (including phenoxy) is 1. The molecule has 0 spiro atoms. The lowest BCUT2D eigenvalue weighted by Crippen LogP contribution is -2.35. The summed E-state index contributed by atoms with van der Waals surface area (Å²) in [5, 5.41) is 7.78. The summed E-state index contributed by atoms with van der Waals surface area (Å²) in [6, 6.07) is 15.8. The Morgan fingerprint density at radius 3 is 2.27 bits per heavy atom. The van der Waals surface area contributed by atoms with Crippen LogP contribution < -0.4 is 15.4 Å². The Morgan fingerprint density at radius 2 is 1.64 bits per heavy atom. The molecule has 2 rings (SSSR count). The second-order valence-corrected chi connectivity index (χ2v) is 5.68. The van der Waals surface area contributed by atoms with E-state index in [4.69, 9.17) is 28.6 Å². The minimum Gasteiger partial charge on any atom is -0.497 e. The highest BCUT2D eigenvalue weighted by atomic mass is 35.5. The Bertz CT molecular complexity index is 599. The van der Waals surface area contributed by atoms with Crippen LogP contribution >= 0.6 is 23.8 Å². The molecule has 3 nitrogen and oxygen atoms in total. The first-order valence-electron chi connectivity index (χ1n) is 7.06. The van der Waals surface area contributed by atoms with E-state index in [2.05, 4.69) is 22.8 Å². The number of hydrogen-bond acceptors (Lipinski definition) is 2. The van der Waals surface area contributed by atoms with Crippen LogP contribution in [-0.2, 0) is 13.0 Å². The predicted molar refractivity (Wildman–Crippen MR) is 95.6 cm³/mol. The molecule has 0 saturated heterocycles. The van der Waals surface area contributed by atoms with E-state index in [0.717, 1.165) is 29.3 Å². The summed E-state index contributed by atoms with van der Waals surface area (Å²) in [4.78, 5) is 0. The topological polar surface area (TPSA) is 33.3 Å². The smallest absolute Gasteiger partial charge is 0.166 e. The maximum absolute atomic E-state index is 5.85. The molecule has 0 aliphatic carbocycles. The van der Waals surface area contributed by atoms with E-state index in [-0.39, 0.29) is 0 Å². The number of methoxy groups -OCH3 is 1. The van der Waals surface area contributed by atoms with Crippen LogP contribution in [0.2, 0.25) is 5.02 Å². The molecule has 5 heteroatoms. The molecule has 0 saturated carbocycles. The summed E-state index contributed by atoms with van der Waals surface area (Å²) in [7, 11) is 1.67. The number of rotatable bonds is 6. The molecule has 116 valence electrons. The molecule has 22 heavy (non-hydrogen) atoms. The van der Waals surface area contributed by atoms with Crippen molar-refractivity contribution in [2.24, 2.45) is 0 Å². The highest BCUT2D eigenvalue weighted by Gasteiger charge is 1.98. The third-order valence-electron chi connectivity index (χ3n) is 3.22. The van der Waals surface area contributed by atoms with Gasteiger partial charge in [0.15, 0.2) is 5.11 Å². The van der Waals surface area contributed by atoms with Crippen molar-refractivity contribution in [3.05, 3.63) is 64.7 Å². The highest BCUT2D eigenvalue weighted by Crippen LogP contribution is 2.11. The molecule has 0 atom stereocenters. The van der Waals surface area contributed by atoms with Gasteiger partial charge in [0.05, 0.1) is 7.11 Å². The van der Waals surface area contributed by atoms with E-state index >= 15 is 0 Å². The lowest BCUT2D eigenvalue weighted by atomic mass is 10.1. The van der Waals surface area contributed by atoms with Crippen LogP contribution in [0.1, 0.15) is 11.1 Å². The van der Waals surface area contributed by atoms with Gasteiger partial charge in [-0.15, -0.1) is 0 Å². The first-order valence-corrected chi connectivity index (χ1v) is 7.85. The van der Waals surface area contributed by atoms with E-state index in [9.17, 15) is 0 Å². The van der Waals surface area contributed by atoms with Crippen molar-refractivity contribution in [3.63, 3.8) is 0 Å². The molecule has 2 aromatic carbocycles. The average Bonchev–Trinajstić information content (AvgIpc) is 2.55. The van der Waals surface area contributed by atoms with Crippen LogP contribution in [0, 0.1) is 0 Å². The van der Waals surface area contributed by atoms with E-state index in [1.807, 2.05) is 36.4 Å². The van der Waals surface area contributed by atoms with Gasteiger partial charge in [0.1, 0.15) is 5.75 Å². The summed E-state index contributed by atoms with van der Waals surface area (Å²) >= 11 is 11.1. The predicted octanol–water partition coefficient (Wildman–Crippen LogP) is 3.56. The fraction of sp³-hybridized carbons (Fsp3) is 0.235. The largest absolute Gasteiger partial charge is 0.497 e. The Kier molecular flexibility index (Phi) is 6.49. The summed E-state index contributed by atoms with van der Waals surface area (Å²) in [5.41, 5.74) is 2.39. The van der Waals surface area contributed by atoms with Crippen molar-refractivity contribution in [3.8, 4) is 5.75 Å². The van der Waals surface area contributed by atoms with E-state index in [1.54, 1.807) is 7.11 Å². The maximum atomic E-state index is 5.85. The minimum atomic E-state index is 0.656. The first kappa shape index (κ1) is 16.6. The van der Waals surface area contributed by atoms with Crippen LogP contribution in [0.5, 0.6) is 5.75 Å². The zero-order valence-corrected chi connectivity index (χ0v) is 14.0. The molecule has 2 aromatic rings. The molecule has 0 unspecified atom stereocenters. The SMILES string of the molecule is COc1ccc(CCNC(=S)NCc2ccc(Cl)cc2)cc1. The van der Waals surface area contributed by atoms with Crippen molar-refractivity contribution in [1.82, 2.24) is 10.6 Å². The van der Waals surface area contributed by atoms with Gasteiger partial charge in [0, 0.05) is 18.1 Å². The normalized spacial score (nSPS) is 10.1. The molecule has 0 aromatic heterocycles. The highest BCUT2D eigenvalue weighted by molar-refractivity contribution is 7.80. The molecule has 0 aliphatic rings. The van der Waals surface area contributed by atoms with Gasteiger partial charge in [0.25, 0.3) is 0 Å². The van der Waals surface area contributed by atoms with Gasteiger partial charge in [-0.1, -0.05) is 35.9 Å². The number of benzene rings is 2. The molecule has 0 radical (unpaired) electrons. The van der Waals surface area contributed by atoms with Gasteiger partial charge in [-0.3, -0.25) is 0 Å². The zero-order valence-electron chi connectivity index (χ0n) is 12.4. The van der Waals surface area contributed by atoms with Gasteiger partial charge in [-0.2, -0.15) is 0 Å². The average molecular weight is 335 g/mol. The number of halogens is 1. The van der Waals surface area contributed by atoms with E-state index in [0.29, 0.717) is 11.7 Å². The molecule has 0 amide bonds. The third-order valence-corrected chi connectivity index (χ3v) is 3.77. The summed E-state index contributed by atoms with van der Waals surface area (Å²) in [5.74, 6) is 0.872. The van der Waals surface area contributed by atoms with Crippen molar-refractivity contribution in [2.45, 2.75) is 13.0 Å². The second kappa shape index (κ2) is 8.61. The molecular weight excluding hydrogens is 316 g/mol. The van der Waals surface area contributed by atoms with Crippen LogP contribution in [0.15, 0.2) is 48.5 Å². The van der Waals surface area contributed by atoms with Crippen LogP contribution in [0.25, 0.3) is 0 Å². The molecule has 2 N–H and O–H groups in total. The lowest BCUT2D eigenvalue weighted by Gasteiger charge is -2.11. The fourth-order valence-electron chi connectivity index (χ4n) is 1.96. The third kappa shape index (κ3) is 5.54. The first-order chi connectivity index (χ1) is 10.7. The monoisotopic (exact) mass is 334 g/mol. The number of nitrogens with one attached hydrogen (secondary N) is 2. The van der Waals surface area contributed by atoms with Crippen LogP contribution in [0.3, 0.4) is 0 Å². The minimum absolute atomic E-state index is 0.656. The van der Waals surface area contributed by atoms with Gasteiger partial charge in [-0.05, 0) is 54.0 Å². The van der Waals surface area contributed by atoms with Gasteiger partial charge >= 0.3 is 0 Å². The molecule has 0 heterocycles. The Hall–Kier alpha value is -1.78. The number of thiocarbonyl (C=S) groups is 1. The Balaban J connectivity index is 1.67. The van der Waals surface area contributed by atoms with Crippen molar-refractivity contribution in [2.75, 3.05) is 13.7 Å².